The van der Waals surface area contributed by atoms with Gasteiger partial charge < -0.3 is 5.73 Å². The minimum absolute atomic E-state index is 1.10. The number of hydrogen-bond acceptors (Lipinski definition) is 1. The standard InChI is InChI=1S/C24H43N/c1-4-7-10-13-16-21-19-22(17-14-11-8-5-2)24(25)23(20-21)18-15-12-9-6-3/h19-20H,4-18,25H2,1-3H3. The minimum Gasteiger partial charge on any atom is -0.398 e. The predicted molar refractivity (Wildman–Crippen MR) is 114 cm³/mol. The molecule has 144 valence electrons. The lowest BCUT2D eigenvalue weighted by Gasteiger charge is -2.15. The highest BCUT2D eigenvalue weighted by molar-refractivity contribution is 5.56. The lowest BCUT2D eigenvalue weighted by Crippen LogP contribution is -2.03. The maximum Gasteiger partial charge on any atom is 0.0379 e. The van der Waals surface area contributed by atoms with Crippen LogP contribution in [-0.4, -0.2) is 0 Å². The van der Waals surface area contributed by atoms with E-state index >= 15 is 0 Å². The van der Waals surface area contributed by atoms with E-state index in [4.69, 9.17) is 5.73 Å². The molecule has 0 spiro atoms. The highest BCUT2D eigenvalue weighted by Gasteiger charge is 2.09. The lowest BCUT2D eigenvalue weighted by molar-refractivity contribution is 0.656. The van der Waals surface area contributed by atoms with E-state index in [1.807, 2.05) is 0 Å². The molecule has 1 nitrogen and oxygen atoms in total. The molecule has 1 heteroatoms. The normalized spacial score (nSPS) is 11.2. The average Bonchev–Trinajstić information content (AvgIpc) is 2.62. The SMILES string of the molecule is CCCCCCc1cc(CCCCCC)c(N)c(CCCCCC)c1. The Morgan fingerprint density at radius 3 is 1.36 bits per heavy atom. The van der Waals surface area contributed by atoms with Crippen LogP contribution in [0.5, 0.6) is 0 Å². The number of nitrogens with two attached hydrogens (primary N) is 1. The summed E-state index contributed by atoms with van der Waals surface area (Å²) >= 11 is 0. The fourth-order valence-corrected chi connectivity index (χ4v) is 3.65. The molecule has 0 aliphatic heterocycles. The minimum atomic E-state index is 1.10. The van der Waals surface area contributed by atoms with E-state index in [0.717, 1.165) is 18.5 Å². The molecule has 0 aliphatic carbocycles. The Balaban J connectivity index is 2.72. The van der Waals surface area contributed by atoms with Crippen molar-refractivity contribution in [3.8, 4) is 0 Å². The van der Waals surface area contributed by atoms with Crippen molar-refractivity contribution in [2.45, 2.75) is 117 Å². The van der Waals surface area contributed by atoms with Crippen molar-refractivity contribution in [1.82, 2.24) is 0 Å². The fourth-order valence-electron chi connectivity index (χ4n) is 3.65. The molecule has 0 amide bonds. The van der Waals surface area contributed by atoms with Crippen LogP contribution >= 0.6 is 0 Å². The van der Waals surface area contributed by atoms with E-state index in [2.05, 4.69) is 32.9 Å². The fraction of sp³-hybridized carbons (Fsp3) is 0.750. The smallest absolute Gasteiger partial charge is 0.0379 e. The Morgan fingerprint density at radius 1 is 0.560 bits per heavy atom. The summed E-state index contributed by atoms with van der Waals surface area (Å²) in [6.45, 7) is 6.84. The second kappa shape index (κ2) is 14.2. The third-order valence-electron chi connectivity index (χ3n) is 5.33. The van der Waals surface area contributed by atoms with Gasteiger partial charge in [-0.1, -0.05) is 90.7 Å². The van der Waals surface area contributed by atoms with Crippen LogP contribution in [0.1, 0.15) is 115 Å². The summed E-state index contributed by atoms with van der Waals surface area (Å²) in [7, 11) is 0. The molecule has 0 bridgehead atoms. The van der Waals surface area contributed by atoms with Crippen LogP contribution < -0.4 is 5.73 Å². The molecule has 0 radical (unpaired) electrons. The van der Waals surface area contributed by atoms with Gasteiger partial charge in [-0.05, 0) is 55.2 Å². The van der Waals surface area contributed by atoms with Crippen molar-refractivity contribution in [1.29, 1.82) is 0 Å². The van der Waals surface area contributed by atoms with Gasteiger partial charge in [0.2, 0.25) is 0 Å². The first-order valence-corrected chi connectivity index (χ1v) is 11.1. The number of benzene rings is 1. The first kappa shape index (κ1) is 22.1. The Labute approximate surface area is 157 Å². The van der Waals surface area contributed by atoms with Gasteiger partial charge in [-0.15, -0.1) is 0 Å². The van der Waals surface area contributed by atoms with E-state index in [-0.39, 0.29) is 0 Å². The zero-order valence-corrected chi connectivity index (χ0v) is 17.3. The largest absolute Gasteiger partial charge is 0.398 e. The van der Waals surface area contributed by atoms with Gasteiger partial charge in [-0.25, -0.2) is 0 Å². The van der Waals surface area contributed by atoms with Gasteiger partial charge in [0.1, 0.15) is 0 Å². The summed E-state index contributed by atoms with van der Waals surface area (Å²) in [6.07, 6.45) is 19.4. The monoisotopic (exact) mass is 345 g/mol. The Kier molecular flexibility index (Phi) is 12.5. The van der Waals surface area contributed by atoms with Crippen molar-refractivity contribution >= 4 is 5.69 Å². The maximum absolute atomic E-state index is 6.56. The van der Waals surface area contributed by atoms with Gasteiger partial charge in [0.15, 0.2) is 0 Å². The second-order valence-corrected chi connectivity index (χ2v) is 7.76. The highest BCUT2D eigenvalue weighted by atomic mass is 14.6. The first-order chi connectivity index (χ1) is 12.2. The molecule has 0 saturated heterocycles. The van der Waals surface area contributed by atoms with Crippen LogP contribution in [-0.2, 0) is 19.3 Å². The Bertz CT molecular complexity index is 416. The molecule has 0 saturated carbocycles. The van der Waals surface area contributed by atoms with Crippen LogP contribution in [0.2, 0.25) is 0 Å². The van der Waals surface area contributed by atoms with Crippen LogP contribution in [0, 0.1) is 0 Å². The predicted octanol–water partition coefficient (Wildman–Crippen LogP) is 7.64. The zero-order chi connectivity index (χ0) is 18.3. The number of hydrogen-bond donors (Lipinski definition) is 1. The number of unbranched alkanes of at least 4 members (excludes halogenated alkanes) is 9. The van der Waals surface area contributed by atoms with Crippen molar-refractivity contribution in [2.24, 2.45) is 0 Å². The van der Waals surface area contributed by atoms with E-state index in [0.29, 0.717) is 0 Å². The molecule has 0 aliphatic rings. The summed E-state index contributed by atoms with van der Waals surface area (Å²) < 4.78 is 0. The summed E-state index contributed by atoms with van der Waals surface area (Å²) in [5, 5.41) is 0. The number of nitrogen functional groups attached to an aromatic ring is 1. The van der Waals surface area contributed by atoms with Gasteiger partial charge in [-0.2, -0.15) is 0 Å². The summed E-state index contributed by atoms with van der Waals surface area (Å²) in [5.74, 6) is 0. The van der Waals surface area contributed by atoms with Gasteiger partial charge in [-0.3, -0.25) is 0 Å². The second-order valence-electron chi connectivity index (χ2n) is 7.76. The third kappa shape index (κ3) is 9.33. The molecule has 2 N–H and O–H groups in total. The summed E-state index contributed by atoms with van der Waals surface area (Å²) in [5.41, 5.74) is 12.0. The van der Waals surface area contributed by atoms with Crippen molar-refractivity contribution in [2.75, 3.05) is 5.73 Å². The van der Waals surface area contributed by atoms with Gasteiger partial charge >= 0.3 is 0 Å². The number of anilines is 1. The van der Waals surface area contributed by atoms with E-state index in [9.17, 15) is 0 Å². The molecular weight excluding hydrogens is 302 g/mol. The molecule has 1 aromatic carbocycles. The quantitative estimate of drug-likeness (QED) is 0.256. The molecule has 0 heterocycles. The summed E-state index contributed by atoms with van der Waals surface area (Å²) in [4.78, 5) is 0. The van der Waals surface area contributed by atoms with Crippen molar-refractivity contribution in [3.63, 3.8) is 0 Å². The van der Waals surface area contributed by atoms with Crippen LogP contribution in [0.4, 0.5) is 5.69 Å². The van der Waals surface area contributed by atoms with Crippen LogP contribution in [0.3, 0.4) is 0 Å². The molecule has 1 rings (SSSR count). The van der Waals surface area contributed by atoms with E-state index in [1.165, 1.54) is 100 Å². The van der Waals surface area contributed by atoms with Crippen LogP contribution in [0.15, 0.2) is 12.1 Å². The molecule has 1 aromatic rings. The van der Waals surface area contributed by atoms with Gasteiger partial charge in [0.25, 0.3) is 0 Å². The van der Waals surface area contributed by atoms with E-state index < -0.39 is 0 Å². The maximum atomic E-state index is 6.56. The molecule has 0 unspecified atom stereocenters. The topological polar surface area (TPSA) is 26.0 Å². The number of rotatable bonds is 15. The molecular formula is C24H43N. The molecule has 0 fully saturated rings. The average molecular weight is 346 g/mol. The zero-order valence-electron chi connectivity index (χ0n) is 17.3. The molecule has 25 heavy (non-hydrogen) atoms. The third-order valence-corrected chi connectivity index (χ3v) is 5.33. The molecule has 0 aromatic heterocycles. The number of aryl methyl sites for hydroxylation is 3. The highest BCUT2D eigenvalue weighted by Crippen LogP contribution is 2.25. The Morgan fingerprint density at radius 2 is 0.960 bits per heavy atom. The van der Waals surface area contributed by atoms with E-state index in [1.54, 1.807) is 0 Å². The summed E-state index contributed by atoms with van der Waals surface area (Å²) in [6, 6.07) is 4.84. The van der Waals surface area contributed by atoms with Crippen molar-refractivity contribution in [3.05, 3.63) is 28.8 Å². The lowest BCUT2D eigenvalue weighted by atomic mass is 9.93. The molecule has 0 atom stereocenters. The Hall–Kier alpha value is -0.980. The van der Waals surface area contributed by atoms with Gasteiger partial charge in [0, 0.05) is 5.69 Å². The van der Waals surface area contributed by atoms with Crippen molar-refractivity contribution < 1.29 is 0 Å². The van der Waals surface area contributed by atoms with Crippen LogP contribution in [0.25, 0.3) is 0 Å². The first-order valence-electron chi connectivity index (χ1n) is 11.1. The van der Waals surface area contributed by atoms with Gasteiger partial charge in [0.05, 0.1) is 0 Å².